The normalized spacial score (nSPS) is 10.4. The largest absolute Gasteiger partial charge is 0.347 e. The maximum Gasteiger partial charge on any atom is 0.265 e. The number of rotatable bonds is 5. The average Bonchev–Trinajstić information content (AvgIpc) is 3.04. The van der Waals surface area contributed by atoms with Gasteiger partial charge < -0.3 is 10.6 Å². The quantitative estimate of drug-likeness (QED) is 0.699. The predicted octanol–water partition coefficient (Wildman–Crippen LogP) is 3.75. The monoisotopic (exact) mass is 386 g/mol. The highest BCUT2D eigenvalue weighted by Crippen LogP contribution is 2.32. The van der Waals surface area contributed by atoms with Crippen LogP contribution in [0.4, 0.5) is 5.69 Å². The average molecular weight is 387 g/mol. The number of amides is 2. The molecule has 3 rings (SSSR count). The van der Waals surface area contributed by atoms with Crippen molar-refractivity contribution in [3.63, 3.8) is 0 Å². The summed E-state index contributed by atoms with van der Waals surface area (Å²) in [6.45, 7) is 1.72. The minimum absolute atomic E-state index is 0.283. The van der Waals surface area contributed by atoms with Crippen LogP contribution in [0.5, 0.6) is 0 Å². The summed E-state index contributed by atoms with van der Waals surface area (Å²) in [5.41, 5.74) is 2.35. The Labute approximate surface area is 159 Å². The van der Waals surface area contributed by atoms with Crippen molar-refractivity contribution in [1.82, 2.24) is 14.7 Å². The summed E-state index contributed by atoms with van der Waals surface area (Å²) in [6.07, 6.45) is 1.63. The van der Waals surface area contributed by atoms with Crippen LogP contribution in [0.15, 0.2) is 48.7 Å². The van der Waals surface area contributed by atoms with Crippen LogP contribution in [-0.4, -0.2) is 21.2 Å². The van der Waals surface area contributed by atoms with Crippen molar-refractivity contribution in [2.75, 3.05) is 5.32 Å². The molecule has 0 aliphatic rings. The fourth-order valence-corrected chi connectivity index (χ4v) is 3.17. The van der Waals surface area contributed by atoms with E-state index in [1.807, 2.05) is 18.2 Å². The molecule has 0 atom stereocenters. The molecule has 0 aliphatic carbocycles. The van der Waals surface area contributed by atoms with Gasteiger partial charge in [-0.15, -0.1) is 0 Å². The number of anilines is 1. The minimum Gasteiger partial charge on any atom is -0.347 e. The standard InChI is InChI=1S/C18H15ClN4O2S/c1-11(24)22-16-15(14-4-2-3-9-20-14)23-26-17(16)18(25)21-10-12-5-7-13(19)8-6-12/h2-9H,10H2,1H3,(H,21,25)(H,22,24). The number of aromatic nitrogens is 2. The lowest BCUT2D eigenvalue weighted by atomic mass is 10.2. The number of nitrogens with one attached hydrogen (secondary N) is 2. The number of halogens is 1. The van der Waals surface area contributed by atoms with Gasteiger partial charge in [-0.3, -0.25) is 14.6 Å². The maximum atomic E-state index is 12.6. The Bertz CT molecular complexity index is 926. The zero-order valence-corrected chi connectivity index (χ0v) is 15.4. The minimum atomic E-state index is -0.316. The SMILES string of the molecule is CC(=O)Nc1c(-c2ccccn2)nsc1C(=O)NCc1ccc(Cl)cc1. The van der Waals surface area contributed by atoms with E-state index in [-0.39, 0.29) is 11.8 Å². The van der Waals surface area contributed by atoms with Gasteiger partial charge in [-0.2, -0.15) is 4.37 Å². The molecule has 0 bridgehead atoms. The number of pyridine rings is 1. The molecule has 0 saturated heterocycles. The number of carbonyl (C=O) groups excluding carboxylic acids is 2. The van der Waals surface area contributed by atoms with Gasteiger partial charge in [-0.25, -0.2) is 0 Å². The van der Waals surface area contributed by atoms with E-state index in [1.54, 1.807) is 30.5 Å². The number of benzene rings is 1. The van der Waals surface area contributed by atoms with Gasteiger partial charge in [0.05, 0.1) is 11.4 Å². The van der Waals surface area contributed by atoms with Crippen molar-refractivity contribution in [3.8, 4) is 11.4 Å². The van der Waals surface area contributed by atoms with Crippen molar-refractivity contribution in [2.45, 2.75) is 13.5 Å². The highest BCUT2D eigenvalue weighted by Gasteiger charge is 2.22. The summed E-state index contributed by atoms with van der Waals surface area (Å²) in [5.74, 6) is -0.600. The van der Waals surface area contributed by atoms with Gasteiger partial charge in [-0.1, -0.05) is 29.8 Å². The fraction of sp³-hybridized carbons (Fsp3) is 0.111. The zero-order chi connectivity index (χ0) is 18.5. The summed E-state index contributed by atoms with van der Waals surface area (Å²) in [7, 11) is 0. The lowest BCUT2D eigenvalue weighted by Gasteiger charge is -2.08. The van der Waals surface area contributed by atoms with Crippen LogP contribution < -0.4 is 10.6 Å². The summed E-state index contributed by atoms with van der Waals surface area (Å²) in [6, 6.07) is 12.6. The third-order valence-electron chi connectivity index (χ3n) is 3.47. The molecule has 6 nitrogen and oxygen atoms in total. The Balaban J connectivity index is 1.84. The number of hydrogen-bond acceptors (Lipinski definition) is 5. The van der Waals surface area contributed by atoms with Gasteiger partial charge in [0.25, 0.3) is 5.91 Å². The van der Waals surface area contributed by atoms with E-state index in [1.165, 1.54) is 6.92 Å². The molecule has 0 radical (unpaired) electrons. The van der Waals surface area contributed by atoms with E-state index in [2.05, 4.69) is 20.0 Å². The highest BCUT2D eigenvalue weighted by atomic mass is 35.5. The summed E-state index contributed by atoms with van der Waals surface area (Å²) >= 11 is 6.88. The predicted molar refractivity (Wildman–Crippen MR) is 102 cm³/mol. The molecule has 2 amide bonds. The second-order valence-corrected chi connectivity index (χ2v) is 6.65. The van der Waals surface area contributed by atoms with Crippen LogP contribution in [-0.2, 0) is 11.3 Å². The Morgan fingerprint density at radius 3 is 2.58 bits per heavy atom. The molecule has 2 heterocycles. The van der Waals surface area contributed by atoms with Crippen molar-refractivity contribution in [1.29, 1.82) is 0 Å². The van der Waals surface area contributed by atoms with E-state index >= 15 is 0 Å². The van der Waals surface area contributed by atoms with Crippen molar-refractivity contribution < 1.29 is 9.59 Å². The molecule has 2 N–H and O–H groups in total. The third kappa shape index (κ3) is 4.25. The topological polar surface area (TPSA) is 84.0 Å². The smallest absolute Gasteiger partial charge is 0.265 e. The number of carbonyl (C=O) groups is 2. The Morgan fingerprint density at radius 1 is 1.15 bits per heavy atom. The Morgan fingerprint density at radius 2 is 1.92 bits per heavy atom. The second-order valence-electron chi connectivity index (χ2n) is 5.44. The highest BCUT2D eigenvalue weighted by molar-refractivity contribution is 7.09. The first kappa shape index (κ1) is 18.0. The lowest BCUT2D eigenvalue weighted by Crippen LogP contribution is -2.23. The van der Waals surface area contributed by atoms with Crippen LogP contribution in [0.25, 0.3) is 11.4 Å². The molecule has 2 aromatic heterocycles. The molecule has 0 spiro atoms. The van der Waals surface area contributed by atoms with Gasteiger partial charge in [0, 0.05) is 24.7 Å². The molecule has 0 aliphatic heterocycles. The molecule has 0 unspecified atom stereocenters. The number of hydrogen-bond donors (Lipinski definition) is 2. The molecule has 26 heavy (non-hydrogen) atoms. The van der Waals surface area contributed by atoms with Crippen LogP contribution in [0.1, 0.15) is 22.2 Å². The Hall–Kier alpha value is -2.77. The van der Waals surface area contributed by atoms with Crippen molar-refractivity contribution in [3.05, 3.63) is 64.1 Å². The summed E-state index contributed by atoms with van der Waals surface area (Å²) in [5, 5.41) is 6.16. The van der Waals surface area contributed by atoms with E-state index < -0.39 is 0 Å². The van der Waals surface area contributed by atoms with Gasteiger partial charge in [0.15, 0.2) is 0 Å². The lowest BCUT2D eigenvalue weighted by molar-refractivity contribution is -0.114. The molecule has 132 valence electrons. The van der Waals surface area contributed by atoms with E-state index in [9.17, 15) is 9.59 Å². The number of nitrogens with zero attached hydrogens (tertiary/aromatic N) is 2. The van der Waals surface area contributed by atoms with Crippen LogP contribution in [0, 0.1) is 0 Å². The van der Waals surface area contributed by atoms with Gasteiger partial charge >= 0.3 is 0 Å². The first-order chi connectivity index (χ1) is 12.5. The van der Waals surface area contributed by atoms with Crippen molar-refractivity contribution in [2.24, 2.45) is 0 Å². The fourth-order valence-electron chi connectivity index (χ4n) is 2.28. The third-order valence-corrected chi connectivity index (χ3v) is 4.57. The summed E-state index contributed by atoms with van der Waals surface area (Å²) in [4.78, 5) is 28.7. The van der Waals surface area contributed by atoms with E-state index in [0.29, 0.717) is 33.5 Å². The molecular formula is C18H15ClN4O2S. The van der Waals surface area contributed by atoms with Gasteiger partial charge in [0.1, 0.15) is 10.6 Å². The van der Waals surface area contributed by atoms with E-state index in [4.69, 9.17) is 11.6 Å². The van der Waals surface area contributed by atoms with Gasteiger partial charge in [0.2, 0.25) is 5.91 Å². The van der Waals surface area contributed by atoms with E-state index in [0.717, 1.165) is 17.1 Å². The molecule has 0 saturated carbocycles. The van der Waals surface area contributed by atoms with Crippen LogP contribution in [0.2, 0.25) is 5.02 Å². The maximum absolute atomic E-state index is 12.6. The summed E-state index contributed by atoms with van der Waals surface area (Å²) < 4.78 is 4.31. The Kier molecular flexibility index (Phi) is 5.60. The van der Waals surface area contributed by atoms with Gasteiger partial charge in [-0.05, 0) is 41.4 Å². The van der Waals surface area contributed by atoms with Crippen molar-refractivity contribution >= 4 is 40.6 Å². The van der Waals surface area contributed by atoms with Crippen LogP contribution in [0.3, 0.4) is 0 Å². The molecule has 8 heteroatoms. The molecular weight excluding hydrogens is 372 g/mol. The van der Waals surface area contributed by atoms with Crippen LogP contribution >= 0.6 is 23.1 Å². The second kappa shape index (κ2) is 8.07. The molecule has 0 fully saturated rings. The first-order valence-corrected chi connectivity index (χ1v) is 8.91. The first-order valence-electron chi connectivity index (χ1n) is 7.76. The molecule has 3 aromatic rings. The molecule has 1 aromatic carbocycles. The zero-order valence-electron chi connectivity index (χ0n) is 13.8.